The molecule has 0 spiro atoms. The molecule has 0 aromatic carbocycles. The fraction of sp³-hybridized carbons (Fsp3) is 0.917. The van der Waals surface area contributed by atoms with Crippen molar-refractivity contribution in [1.82, 2.24) is 15.1 Å². The molecule has 2 N–H and O–H groups in total. The highest BCUT2D eigenvalue weighted by Crippen LogP contribution is 2.06. The Balaban J connectivity index is 1.82. The zero-order chi connectivity index (χ0) is 12.8. The molecule has 2 heterocycles. The summed E-state index contributed by atoms with van der Waals surface area (Å²) in [6.07, 6.45) is 0.950. The molecule has 0 radical (unpaired) electrons. The Hall–Kier alpha value is -0.690. The van der Waals surface area contributed by atoms with E-state index in [0.29, 0.717) is 6.54 Å². The standard InChI is InChI=1S/C12H23N3O3/c16-10-11-12(17)13-2-1-3-15(11)5-4-14-6-8-18-9-7-14/h11,16H,1-10H2,(H,13,17). The Morgan fingerprint density at radius 1 is 1.28 bits per heavy atom. The molecule has 2 aliphatic heterocycles. The number of amides is 1. The summed E-state index contributed by atoms with van der Waals surface area (Å²) in [4.78, 5) is 16.2. The fourth-order valence-electron chi connectivity index (χ4n) is 2.49. The molecule has 0 bridgehead atoms. The monoisotopic (exact) mass is 257 g/mol. The van der Waals surface area contributed by atoms with Gasteiger partial charge in [0.2, 0.25) is 5.91 Å². The third-order valence-corrected chi connectivity index (χ3v) is 3.64. The van der Waals surface area contributed by atoms with E-state index in [-0.39, 0.29) is 18.6 Å². The van der Waals surface area contributed by atoms with Crippen LogP contribution in [0.25, 0.3) is 0 Å². The largest absolute Gasteiger partial charge is 0.394 e. The van der Waals surface area contributed by atoms with Crippen LogP contribution in [0.1, 0.15) is 6.42 Å². The fourth-order valence-corrected chi connectivity index (χ4v) is 2.49. The Morgan fingerprint density at radius 2 is 2.06 bits per heavy atom. The van der Waals surface area contributed by atoms with Gasteiger partial charge in [-0.25, -0.2) is 0 Å². The van der Waals surface area contributed by atoms with Crippen LogP contribution in [0.5, 0.6) is 0 Å². The van der Waals surface area contributed by atoms with Gasteiger partial charge in [0.05, 0.1) is 19.8 Å². The van der Waals surface area contributed by atoms with Gasteiger partial charge in [-0.2, -0.15) is 0 Å². The van der Waals surface area contributed by atoms with E-state index in [1.165, 1.54) is 0 Å². The molecule has 1 atom stereocenters. The van der Waals surface area contributed by atoms with Crippen molar-refractivity contribution >= 4 is 5.91 Å². The van der Waals surface area contributed by atoms with E-state index in [4.69, 9.17) is 4.74 Å². The van der Waals surface area contributed by atoms with Crippen molar-refractivity contribution in [3.8, 4) is 0 Å². The maximum absolute atomic E-state index is 11.8. The third kappa shape index (κ3) is 3.65. The van der Waals surface area contributed by atoms with Crippen molar-refractivity contribution in [2.75, 3.05) is 59.1 Å². The molecule has 2 fully saturated rings. The zero-order valence-electron chi connectivity index (χ0n) is 10.8. The van der Waals surface area contributed by atoms with Crippen molar-refractivity contribution in [3.05, 3.63) is 0 Å². The molecule has 18 heavy (non-hydrogen) atoms. The quantitative estimate of drug-likeness (QED) is 0.642. The molecule has 0 aromatic rings. The van der Waals surface area contributed by atoms with E-state index in [2.05, 4.69) is 15.1 Å². The van der Waals surface area contributed by atoms with E-state index in [1.807, 2.05) is 0 Å². The Morgan fingerprint density at radius 3 is 2.78 bits per heavy atom. The highest BCUT2D eigenvalue weighted by Gasteiger charge is 2.27. The van der Waals surface area contributed by atoms with Crippen LogP contribution in [0.3, 0.4) is 0 Å². The van der Waals surface area contributed by atoms with Gasteiger partial charge in [-0.3, -0.25) is 14.6 Å². The maximum atomic E-state index is 11.8. The number of ether oxygens (including phenoxy) is 1. The second-order valence-corrected chi connectivity index (χ2v) is 4.83. The third-order valence-electron chi connectivity index (χ3n) is 3.64. The number of aliphatic hydroxyl groups is 1. The first-order chi connectivity index (χ1) is 8.81. The molecule has 6 heteroatoms. The molecule has 2 aliphatic rings. The molecule has 1 amide bonds. The van der Waals surface area contributed by atoms with Gasteiger partial charge in [0.1, 0.15) is 6.04 Å². The highest BCUT2D eigenvalue weighted by molar-refractivity contribution is 5.82. The number of hydrogen-bond acceptors (Lipinski definition) is 5. The first-order valence-corrected chi connectivity index (χ1v) is 6.74. The molecule has 1 unspecified atom stereocenters. The minimum atomic E-state index is -0.381. The van der Waals surface area contributed by atoms with Gasteiger partial charge in [-0.15, -0.1) is 0 Å². The van der Waals surface area contributed by atoms with Crippen molar-refractivity contribution in [3.63, 3.8) is 0 Å². The van der Waals surface area contributed by atoms with Gasteiger partial charge >= 0.3 is 0 Å². The second-order valence-electron chi connectivity index (χ2n) is 4.83. The van der Waals surface area contributed by atoms with Crippen LogP contribution in [-0.2, 0) is 9.53 Å². The van der Waals surface area contributed by atoms with Gasteiger partial charge in [0.25, 0.3) is 0 Å². The summed E-state index contributed by atoms with van der Waals surface area (Å²) in [5, 5.41) is 12.2. The number of rotatable bonds is 4. The maximum Gasteiger partial charge on any atom is 0.239 e. The van der Waals surface area contributed by atoms with Crippen LogP contribution in [-0.4, -0.2) is 85.9 Å². The molecule has 0 saturated carbocycles. The minimum Gasteiger partial charge on any atom is -0.394 e. The van der Waals surface area contributed by atoms with Gasteiger partial charge in [-0.05, 0) is 6.42 Å². The molecule has 2 saturated heterocycles. The normalized spacial score (nSPS) is 27.8. The van der Waals surface area contributed by atoms with Crippen molar-refractivity contribution < 1.29 is 14.6 Å². The molecular weight excluding hydrogens is 234 g/mol. The molecule has 2 rings (SSSR count). The molecular formula is C12H23N3O3. The summed E-state index contributed by atoms with van der Waals surface area (Å²) in [5.74, 6) is -0.0445. The summed E-state index contributed by atoms with van der Waals surface area (Å²) in [7, 11) is 0. The lowest BCUT2D eigenvalue weighted by Crippen LogP contribution is -2.50. The second kappa shape index (κ2) is 7.04. The lowest BCUT2D eigenvalue weighted by molar-refractivity contribution is -0.127. The number of nitrogens with zero attached hydrogens (tertiary/aromatic N) is 2. The number of hydrogen-bond donors (Lipinski definition) is 2. The van der Waals surface area contributed by atoms with Gasteiger partial charge in [-0.1, -0.05) is 0 Å². The lowest BCUT2D eigenvalue weighted by Gasteiger charge is -2.31. The summed E-state index contributed by atoms with van der Waals surface area (Å²) in [6, 6.07) is -0.381. The van der Waals surface area contributed by atoms with Gasteiger partial charge < -0.3 is 15.2 Å². The van der Waals surface area contributed by atoms with E-state index >= 15 is 0 Å². The van der Waals surface area contributed by atoms with Gasteiger partial charge in [0.15, 0.2) is 0 Å². The average molecular weight is 257 g/mol. The van der Waals surface area contributed by atoms with E-state index in [1.54, 1.807) is 0 Å². The summed E-state index contributed by atoms with van der Waals surface area (Å²) < 4.78 is 5.31. The molecule has 0 aliphatic carbocycles. The van der Waals surface area contributed by atoms with Gasteiger partial charge in [0, 0.05) is 39.3 Å². The number of carbonyl (C=O) groups is 1. The highest BCUT2D eigenvalue weighted by atomic mass is 16.5. The van der Waals surface area contributed by atoms with Crippen molar-refractivity contribution in [2.45, 2.75) is 12.5 Å². The van der Waals surface area contributed by atoms with Crippen LogP contribution in [0.2, 0.25) is 0 Å². The summed E-state index contributed by atoms with van der Waals surface area (Å²) in [5.41, 5.74) is 0. The van der Waals surface area contributed by atoms with Crippen LogP contribution in [0, 0.1) is 0 Å². The zero-order valence-corrected chi connectivity index (χ0v) is 10.8. The van der Waals surface area contributed by atoms with Crippen molar-refractivity contribution in [2.24, 2.45) is 0 Å². The molecule has 6 nitrogen and oxygen atoms in total. The predicted octanol–water partition coefficient (Wildman–Crippen LogP) is -1.50. The molecule has 104 valence electrons. The van der Waals surface area contributed by atoms with Crippen molar-refractivity contribution in [1.29, 1.82) is 0 Å². The first-order valence-electron chi connectivity index (χ1n) is 6.74. The number of carbonyl (C=O) groups excluding carboxylic acids is 1. The van der Waals surface area contributed by atoms with Crippen LogP contribution >= 0.6 is 0 Å². The van der Waals surface area contributed by atoms with Crippen LogP contribution in [0.4, 0.5) is 0 Å². The topological polar surface area (TPSA) is 65.0 Å². The predicted molar refractivity (Wildman–Crippen MR) is 67.3 cm³/mol. The summed E-state index contributed by atoms with van der Waals surface area (Å²) >= 11 is 0. The number of morpholine rings is 1. The van der Waals surface area contributed by atoms with E-state index < -0.39 is 0 Å². The number of nitrogens with one attached hydrogen (secondary N) is 1. The average Bonchev–Trinajstić information content (AvgIpc) is 2.59. The van der Waals surface area contributed by atoms with Crippen LogP contribution < -0.4 is 5.32 Å². The van der Waals surface area contributed by atoms with E-state index in [9.17, 15) is 9.90 Å². The van der Waals surface area contributed by atoms with E-state index in [0.717, 1.165) is 52.4 Å². The first kappa shape index (κ1) is 13.7. The Bertz CT molecular complexity index is 269. The smallest absolute Gasteiger partial charge is 0.239 e. The lowest BCUT2D eigenvalue weighted by atomic mass is 10.2. The Labute approximate surface area is 108 Å². The minimum absolute atomic E-state index is 0.0445. The Kier molecular flexibility index (Phi) is 5.37. The summed E-state index contributed by atoms with van der Waals surface area (Å²) in [6.45, 7) is 6.76. The molecule has 0 aromatic heterocycles. The number of aliphatic hydroxyl groups excluding tert-OH is 1. The van der Waals surface area contributed by atoms with Crippen LogP contribution in [0.15, 0.2) is 0 Å². The SMILES string of the molecule is O=C1NCCCN(CCN2CCOCC2)C1CO.